The van der Waals surface area contributed by atoms with E-state index in [1.54, 1.807) is 40.7 Å². The fraction of sp³-hybridized carbons (Fsp3) is 0.529. The molecule has 23 heavy (non-hydrogen) atoms. The van der Waals surface area contributed by atoms with Gasteiger partial charge >= 0.3 is 11.9 Å². The number of nitrogens with one attached hydrogen (secondary N) is 1. The molecule has 1 N–H and O–H groups in total. The van der Waals surface area contributed by atoms with Crippen LogP contribution in [0.25, 0.3) is 6.08 Å². The number of halogens is 1. The molecule has 6 heteroatoms. The molecule has 1 aromatic heterocycles. The molecule has 0 saturated carbocycles. The van der Waals surface area contributed by atoms with Gasteiger partial charge < -0.3 is 14.5 Å². The molecule has 0 spiro atoms. The van der Waals surface area contributed by atoms with Crippen molar-refractivity contribution in [1.82, 2.24) is 4.98 Å². The average Bonchev–Trinajstić information content (AvgIpc) is 2.74. The van der Waals surface area contributed by atoms with Gasteiger partial charge in [-0.3, -0.25) is 0 Å². The molecule has 1 heterocycles. The van der Waals surface area contributed by atoms with Gasteiger partial charge in [0.25, 0.3) is 0 Å². The lowest BCUT2D eigenvalue weighted by Gasteiger charge is -2.19. The van der Waals surface area contributed by atoms with Crippen LogP contribution in [0.4, 0.5) is 0 Å². The van der Waals surface area contributed by atoms with Gasteiger partial charge in [0.05, 0.1) is 17.9 Å². The summed E-state index contributed by atoms with van der Waals surface area (Å²) in [5.41, 5.74) is 1.14. The Hall–Kier alpha value is -1.56. The molecule has 0 atom stereocenters. The van der Waals surface area contributed by atoms with Gasteiger partial charge in [-0.05, 0) is 52.7 Å². The number of H-pyrrole nitrogens is 1. The lowest BCUT2D eigenvalue weighted by molar-refractivity contribution is 0.00627. The highest BCUT2D eigenvalue weighted by atomic mass is 79.9. The summed E-state index contributed by atoms with van der Waals surface area (Å²) in [4.78, 5) is 27.5. The zero-order valence-corrected chi connectivity index (χ0v) is 15.9. The van der Waals surface area contributed by atoms with E-state index in [1.165, 1.54) is 0 Å². The second-order valence-corrected chi connectivity index (χ2v) is 6.81. The molecule has 5 nitrogen and oxygen atoms in total. The monoisotopic (exact) mass is 385 g/mol. The molecule has 0 aliphatic rings. The predicted molar refractivity (Wildman–Crippen MR) is 94.1 cm³/mol. The maximum Gasteiger partial charge on any atom is 0.355 e. The Morgan fingerprint density at radius 3 is 2.43 bits per heavy atom. The zero-order chi connectivity index (χ0) is 17.6. The fourth-order valence-corrected chi connectivity index (χ4v) is 2.27. The van der Waals surface area contributed by atoms with E-state index in [1.807, 2.05) is 6.08 Å². The van der Waals surface area contributed by atoms with Gasteiger partial charge in [0.15, 0.2) is 0 Å². The number of esters is 2. The summed E-state index contributed by atoms with van der Waals surface area (Å²) >= 11 is 3.34. The van der Waals surface area contributed by atoms with E-state index in [-0.39, 0.29) is 12.3 Å². The van der Waals surface area contributed by atoms with Crippen LogP contribution in [0.1, 0.15) is 66.2 Å². The van der Waals surface area contributed by atoms with E-state index in [9.17, 15) is 9.59 Å². The van der Waals surface area contributed by atoms with E-state index in [4.69, 9.17) is 9.47 Å². The van der Waals surface area contributed by atoms with Crippen molar-refractivity contribution in [2.75, 3.05) is 11.9 Å². The summed E-state index contributed by atoms with van der Waals surface area (Å²) in [5, 5.41) is 0.816. The minimum atomic E-state index is -0.606. The Labute approximate surface area is 145 Å². The van der Waals surface area contributed by atoms with E-state index in [0.717, 1.165) is 11.8 Å². The second-order valence-electron chi connectivity index (χ2n) is 6.02. The number of carbonyl (C=O) groups excluding carboxylic acids is 2. The van der Waals surface area contributed by atoms with Crippen LogP contribution in [0.2, 0.25) is 0 Å². The smallest absolute Gasteiger partial charge is 0.355 e. The molecule has 0 radical (unpaired) electrons. The fourth-order valence-electron chi connectivity index (χ4n) is 2.01. The summed E-state index contributed by atoms with van der Waals surface area (Å²) in [5.74, 6) is -0.935. The third-order valence-corrected chi connectivity index (χ3v) is 3.38. The molecule has 1 rings (SSSR count). The summed E-state index contributed by atoms with van der Waals surface area (Å²) < 4.78 is 10.5. The van der Waals surface area contributed by atoms with E-state index < -0.39 is 17.5 Å². The molecule has 128 valence electrons. The van der Waals surface area contributed by atoms with Crippen molar-refractivity contribution < 1.29 is 19.1 Å². The maximum absolute atomic E-state index is 12.3. The van der Waals surface area contributed by atoms with Crippen LogP contribution in [0.15, 0.2) is 6.08 Å². The number of alkyl halides is 1. The van der Waals surface area contributed by atoms with Crippen molar-refractivity contribution in [3.63, 3.8) is 0 Å². The highest BCUT2D eigenvalue weighted by Crippen LogP contribution is 2.23. The largest absolute Gasteiger partial charge is 0.462 e. The van der Waals surface area contributed by atoms with Crippen LogP contribution in [0, 0.1) is 6.92 Å². The third-order valence-electron chi connectivity index (χ3n) is 2.92. The SMILES string of the molecule is CCOC(=O)c1c(C=CCCBr)[nH]c(C(=O)OC(C)(C)C)c1C. The number of aromatic amines is 1. The first kappa shape index (κ1) is 19.5. The van der Waals surface area contributed by atoms with Crippen molar-refractivity contribution in [3.05, 3.63) is 28.6 Å². The highest BCUT2D eigenvalue weighted by Gasteiger charge is 2.27. The topological polar surface area (TPSA) is 68.4 Å². The number of ether oxygens (including phenoxy) is 2. The molecule has 0 amide bonds. The van der Waals surface area contributed by atoms with Gasteiger partial charge in [-0.25, -0.2) is 9.59 Å². The maximum atomic E-state index is 12.3. The molecule has 0 unspecified atom stereocenters. The number of aromatic nitrogens is 1. The first-order valence-electron chi connectivity index (χ1n) is 7.56. The third kappa shape index (κ3) is 5.53. The Kier molecular flexibility index (Phi) is 7.06. The molecule has 0 aromatic carbocycles. The van der Waals surface area contributed by atoms with Crippen LogP contribution in [0.3, 0.4) is 0 Å². The summed E-state index contributed by atoms with van der Waals surface area (Å²) in [7, 11) is 0. The first-order chi connectivity index (χ1) is 10.7. The van der Waals surface area contributed by atoms with Gasteiger partial charge in [0.1, 0.15) is 11.3 Å². The van der Waals surface area contributed by atoms with Gasteiger partial charge in [0.2, 0.25) is 0 Å². The molecule has 0 saturated heterocycles. The Morgan fingerprint density at radius 1 is 1.26 bits per heavy atom. The van der Waals surface area contributed by atoms with Crippen LogP contribution < -0.4 is 0 Å². The van der Waals surface area contributed by atoms with E-state index in [0.29, 0.717) is 16.8 Å². The zero-order valence-electron chi connectivity index (χ0n) is 14.3. The molecule has 1 aromatic rings. The molecular formula is C17H24BrNO4. The first-order valence-corrected chi connectivity index (χ1v) is 8.69. The standard InChI is InChI=1S/C17H24BrNO4/c1-6-22-15(20)13-11(2)14(16(21)23-17(3,4)5)19-12(13)9-7-8-10-18/h7,9,19H,6,8,10H2,1-5H3. The van der Waals surface area contributed by atoms with Crippen LogP contribution >= 0.6 is 15.9 Å². The van der Waals surface area contributed by atoms with Crippen molar-refractivity contribution in [3.8, 4) is 0 Å². The lowest BCUT2D eigenvalue weighted by Crippen LogP contribution is -2.24. The highest BCUT2D eigenvalue weighted by molar-refractivity contribution is 9.09. The normalized spacial score (nSPS) is 11.7. The van der Waals surface area contributed by atoms with E-state index >= 15 is 0 Å². The van der Waals surface area contributed by atoms with Gasteiger partial charge in [0, 0.05) is 5.33 Å². The number of hydrogen-bond donors (Lipinski definition) is 1. The van der Waals surface area contributed by atoms with Crippen molar-refractivity contribution in [1.29, 1.82) is 0 Å². The molecule has 0 aliphatic heterocycles. The van der Waals surface area contributed by atoms with Crippen LogP contribution in [-0.4, -0.2) is 34.5 Å². The van der Waals surface area contributed by atoms with Gasteiger partial charge in [-0.1, -0.05) is 22.0 Å². The minimum absolute atomic E-state index is 0.274. The minimum Gasteiger partial charge on any atom is -0.462 e. The van der Waals surface area contributed by atoms with Crippen molar-refractivity contribution in [2.24, 2.45) is 0 Å². The summed E-state index contributed by atoms with van der Waals surface area (Å²) in [6.45, 7) is 9.12. The average molecular weight is 386 g/mol. The summed E-state index contributed by atoms with van der Waals surface area (Å²) in [6.07, 6.45) is 4.51. The molecule has 0 aliphatic carbocycles. The van der Waals surface area contributed by atoms with E-state index in [2.05, 4.69) is 20.9 Å². The van der Waals surface area contributed by atoms with Crippen LogP contribution in [-0.2, 0) is 9.47 Å². The number of allylic oxidation sites excluding steroid dienone is 1. The van der Waals surface area contributed by atoms with Gasteiger partial charge in [-0.2, -0.15) is 0 Å². The molecule has 0 fully saturated rings. The molecule has 0 bridgehead atoms. The quantitative estimate of drug-likeness (QED) is 0.586. The Balaban J connectivity index is 3.26. The number of rotatable bonds is 6. The Morgan fingerprint density at radius 2 is 1.91 bits per heavy atom. The van der Waals surface area contributed by atoms with Crippen LogP contribution in [0.5, 0.6) is 0 Å². The second kappa shape index (κ2) is 8.34. The van der Waals surface area contributed by atoms with Gasteiger partial charge in [-0.15, -0.1) is 0 Å². The number of hydrogen-bond acceptors (Lipinski definition) is 4. The van der Waals surface area contributed by atoms with Crippen molar-refractivity contribution in [2.45, 2.75) is 46.6 Å². The molecular weight excluding hydrogens is 362 g/mol. The lowest BCUT2D eigenvalue weighted by atomic mass is 10.1. The predicted octanol–water partition coefficient (Wildman–Crippen LogP) is 4.25. The Bertz CT molecular complexity index is 596. The van der Waals surface area contributed by atoms with Crippen molar-refractivity contribution >= 4 is 33.9 Å². The summed E-state index contributed by atoms with van der Waals surface area (Å²) in [6, 6.07) is 0. The number of carbonyl (C=O) groups is 2.